The summed E-state index contributed by atoms with van der Waals surface area (Å²) in [4.78, 5) is 0. The van der Waals surface area contributed by atoms with Gasteiger partial charge in [-0.3, -0.25) is 0 Å². The molecular formula is C22H19Cl2N3OS. The first-order valence-corrected chi connectivity index (χ1v) is 10.9. The number of hydrogen-bond donors (Lipinski definition) is 0. The van der Waals surface area contributed by atoms with Crippen molar-refractivity contribution in [1.29, 1.82) is 0 Å². The molecule has 0 saturated heterocycles. The Morgan fingerprint density at radius 2 is 1.83 bits per heavy atom. The highest BCUT2D eigenvalue weighted by atomic mass is 35.5. The minimum atomic E-state index is -0.324. The predicted molar refractivity (Wildman–Crippen MR) is 120 cm³/mol. The molecule has 0 radical (unpaired) electrons. The fraction of sp³-hybridized carbons (Fsp3) is 0.182. The van der Waals surface area contributed by atoms with E-state index in [0.29, 0.717) is 15.8 Å². The topological polar surface area (TPSA) is 39.9 Å². The van der Waals surface area contributed by atoms with Crippen molar-refractivity contribution in [3.05, 3.63) is 82.1 Å². The summed E-state index contributed by atoms with van der Waals surface area (Å²) < 4.78 is 7.93. The molecule has 4 nitrogen and oxygen atoms in total. The second-order valence-electron chi connectivity index (χ2n) is 6.66. The van der Waals surface area contributed by atoms with Gasteiger partial charge in [0.1, 0.15) is 5.75 Å². The van der Waals surface area contributed by atoms with E-state index < -0.39 is 0 Å². The lowest BCUT2D eigenvalue weighted by Gasteiger charge is -2.15. The average molecular weight is 444 g/mol. The molecular weight excluding hydrogens is 425 g/mol. The van der Waals surface area contributed by atoms with Crippen LogP contribution >= 0.6 is 35.0 Å². The van der Waals surface area contributed by atoms with Gasteiger partial charge in [0.15, 0.2) is 17.1 Å². The summed E-state index contributed by atoms with van der Waals surface area (Å²) in [6.07, 6.45) is -0.324. The third-order valence-corrected chi connectivity index (χ3v) is 6.28. The smallest absolute Gasteiger partial charge is 0.191 e. The molecule has 4 aromatic rings. The number of ether oxygens (including phenoxy) is 1. The molecule has 0 N–H and O–H groups in total. The monoisotopic (exact) mass is 443 g/mol. The molecule has 0 spiro atoms. The van der Waals surface area contributed by atoms with Crippen LogP contribution < -0.4 is 4.74 Å². The fourth-order valence-corrected chi connectivity index (χ4v) is 4.42. The summed E-state index contributed by atoms with van der Waals surface area (Å²) in [6, 6.07) is 19.9. The van der Waals surface area contributed by atoms with Crippen LogP contribution in [0, 0.1) is 0 Å². The van der Waals surface area contributed by atoms with E-state index in [0.717, 1.165) is 16.7 Å². The van der Waals surface area contributed by atoms with Gasteiger partial charge in [-0.1, -0.05) is 77.4 Å². The molecule has 0 bridgehead atoms. The quantitative estimate of drug-likeness (QED) is 0.310. The van der Waals surface area contributed by atoms with Crippen molar-refractivity contribution >= 4 is 45.7 Å². The van der Waals surface area contributed by atoms with E-state index in [2.05, 4.69) is 52.7 Å². The van der Waals surface area contributed by atoms with Crippen LogP contribution in [-0.4, -0.2) is 14.8 Å². The van der Waals surface area contributed by atoms with Crippen LogP contribution in [0.1, 0.15) is 24.4 Å². The van der Waals surface area contributed by atoms with Crippen LogP contribution in [0.15, 0.2) is 65.8 Å². The van der Waals surface area contributed by atoms with E-state index >= 15 is 0 Å². The van der Waals surface area contributed by atoms with E-state index in [1.807, 2.05) is 18.5 Å². The maximum Gasteiger partial charge on any atom is 0.191 e. The predicted octanol–water partition coefficient (Wildman–Crippen LogP) is 6.71. The zero-order valence-electron chi connectivity index (χ0n) is 16.0. The van der Waals surface area contributed by atoms with Crippen molar-refractivity contribution in [2.24, 2.45) is 7.05 Å². The molecule has 0 fully saturated rings. The molecule has 0 aliphatic heterocycles. The van der Waals surface area contributed by atoms with Gasteiger partial charge in [-0.25, -0.2) is 0 Å². The first kappa shape index (κ1) is 20.1. The zero-order valence-corrected chi connectivity index (χ0v) is 18.3. The summed E-state index contributed by atoms with van der Waals surface area (Å²) >= 11 is 13.9. The Hall–Kier alpha value is -2.21. The van der Waals surface area contributed by atoms with E-state index in [1.54, 1.807) is 30.0 Å². The maximum absolute atomic E-state index is 6.21. The van der Waals surface area contributed by atoms with Crippen molar-refractivity contribution in [3.8, 4) is 5.75 Å². The Bertz CT molecular complexity index is 1160. The number of aromatic nitrogens is 3. The number of benzene rings is 3. The second kappa shape index (κ2) is 8.66. The first-order chi connectivity index (χ1) is 14.0. The minimum Gasteiger partial charge on any atom is -0.481 e. The van der Waals surface area contributed by atoms with Crippen LogP contribution in [-0.2, 0) is 12.8 Å². The van der Waals surface area contributed by atoms with Gasteiger partial charge in [-0.15, -0.1) is 10.2 Å². The molecule has 29 heavy (non-hydrogen) atoms. The molecule has 0 amide bonds. The molecule has 1 aromatic heterocycles. The Balaban J connectivity index is 1.50. The highest BCUT2D eigenvalue weighted by molar-refractivity contribution is 7.98. The summed E-state index contributed by atoms with van der Waals surface area (Å²) in [5, 5.41) is 13.1. The number of halogens is 2. The third kappa shape index (κ3) is 4.37. The van der Waals surface area contributed by atoms with Gasteiger partial charge in [-0.05, 0) is 35.4 Å². The van der Waals surface area contributed by atoms with Crippen molar-refractivity contribution in [3.63, 3.8) is 0 Å². The normalized spacial score (nSPS) is 12.3. The molecule has 3 aromatic carbocycles. The van der Waals surface area contributed by atoms with Gasteiger partial charge in [0.2, 0.25) is 0 Å². The largest absolute Gasteiger partial charge is 0.481 e. The number of rotatable bonds is 6. The lowest BCUT2D eigenvalue weighted by atomic mass is 10.1. The fourth-order valence-electron chi connectivity index (χ4n) is 3.18. The summed E-state index contributed by atoms with van der Waals surface area (Å²) in [5.41, 5.74) is 1.27. The zero-order chi connectivity index (χ0) is 20.4. The minimum absolute atomic E-state index is 0.324. The summed E-state index contributed by atoms with van der Waals surface area (Å²) in [7, 11) is 1.94. The average Bonchev–Trinajstić information content (AvgIpc) is 3.09. The Morgan fingerprint density at radius 1 is 1.03 bits per heavy atom. The van der Waals surface area contributed by atoms with Gasteiger partial charge in [0.25, 0.3) is 0 Å². The number of thioether (sulfide) groups is 1. The molecule has 0 aliphatic carbocycles. The van der Waals surface area contributed by atoms with Crippen molar-refractivity contribution in [2.45, 2.75) is 23.9 Å². The van der Waals surface area contributed by atoms with Crippen molar-refractivity contribution in [1.82, 2.24) is 14.8 Å². The number of fused-ring (bicyclic) bond motifs is 1. The molecule has 0 saturated carbocycles. The van der Waals surface area contributed by atoms with Gasteiger partial charge >= 0.3 is 0 Å². The van der Waals surface area contributed by atoms with Crippen molar-refractivity contribution < 1.29 is 4.74 Å². The molecule has 0 aliphatic rings. The van der Waals surface area contributed by atoms with E-state index in [-0.39, 0.29) is 6.10 Å². The SMILES string of the molecule is CC(Oc1cc(Cl)ccc1Cl)c1nnc(SCc2cccc3ccccc23)n1C. The van der Waals surface area contributed by atoms with E-state index in [1.165, 1.54) is 16.3 Å². The van der Waals surface area contributed by atoms with Gasteiger partial charge in [-0.2, -0.15) is 0 Å². The molecule has 148 valence electrons. The van der Waals surface area contributed by atoms with Crippen LogP contribution in [0.25, 0.3) is 10.8 Å². The Morgan fingerprint density at radius 3 is 2.69 bits per heavy atom. The lowest BCUT2D eigenvalue weighted by Crippen LogP contribution is -2.10. The Kier molecular flexibility index (Phi) is 5.99. The summed E-state index contributed by atoms with van der Waals surface area (Å²) in [6.45, 7) is 1.92. The summed E-state index contributed by atoms with van der Waals surface area (Å²) in [5.74, 6) is 2.06. The van der Waals surface area contributed by atoms with Gasteiger partial charge in [0, 0.05) is 23.9 Å². The van der Waals surface area contributed by atoms with Gasteiger partial charge in [0.05, 0.1) is 5.02 Å². The molecule has 1 unspecified atom stereocenters. The van der Waals surface area contributed by atoms with Crippen LogP contribution in [0.5, 0.6) is 5.75 Å². The molecule has 1 atom stereocenters. The van der Waals surface area contributed by atoms with Gasteiger partial charge < -0.3 is 9.30 Å². The molecule has 7 heteroatoms. The van der Waals surface area contributed by atoms with E-state index in [4.69, 9.17) is 27.9 Å². The standard InChI is InChI=1S/C22H19Cl2N3OS/c1-14(28-20-12-17(23)10-11-19(20)24)21-25-26-22(27(21)2)29-13-16-8-5-7-15-6-3-4-9-18(15)16/h3-12,14H,13H2,1-2H3. The molecule has 1 heterocycles. The lowest BCUT2D eigenvalue weighted by molar-refractivity contribution is 0.211. The third-order valence-electron chi connectivity index (χ3n) is 4.67. The van der Waals surface area contributed by atoms with Crippen LogP contribution in [0.4, 0.5) is 0 Å². The van der Waals surface area contributed by atoms with Crippen LogP contribution in [0.2, 0.25) is 10.0 Å². The van der Waals surface area contributed by atoms with E-state index in [9.17, 15) is 0 Å². The second-order valence-corrected chi connectivity index (χ2v) is 8.45. The number of nitrogens with zero attached hydrogens (tertiary/aromatic N) is 3. The Labute approximate surface area is 183 Å². The number of hydrogen-bond acceptors (Lipinski definition) is 4. The molecule has 4 rings (SSSR count). The highest BCUT2D eigenvalue weighted by Crippen LogP contribution is 2.32. The highest BCUT2D eigenvalue weighted by Gasteiger charge is 2.18. The van der Waals surface area contributed by atoms with Crippen LogP contribution in [0.3, 0.4) is 0 Å². The van der Waals surface area contributed by atoms with Crippen molar-refractivity contribution in [2.75, 3.05) is 0 Å². The first-order valence-electron chi connectivity index (χ1n) is 9.13. The maximum atomic E-state index is 6.21.